The summed E-state index contributed by atoms with van der Waals surface area (Å²) < 4.78 is 0. The molecule has 78 valence electrons. The van der Waals surface area contributed by atoms with Gasteiger partial charge < -0.3 is 0 Å². The molecule has 0 amide bonds. The molecule has 0 saturated heterocycles. The summed E-state index contributed by atoms with van der Waals surface area (Å²) in [7, 11) is 3.91. The van der Waals surface area contributed by atoms with Gasteiger partial charge in [0.05, 0.1) is 0 Å². The molecule has 0 N–H and O–H groups in total. The lowest BCUT2D eigenvalue weighted by Crippen LogP contribution is -1.82. The van der Waals surface area contributed by atoms with E-state index in [1.54, 1.807) is 0 Å². The van der Waals surface area contributed by atoms with Gasteiger partial charge in [-0.25, -0.2) is 0 Å². The van der Waals surface area contributed by atoms with Crippen LogP contribution in [0.4, 0.5) is 0 Å². The number of hydrogen-bond acceptors (Lipinski definition) is 2. The van der Waals surface area contributed by atoms with Crippen LogP contribution in [-0.4, -0.2) is 5.75 Å². The highest BCUT2D eigenvalue weighted by Gasteiger charge is 1.99. The highest BCUT2D eigenvalue weighted by Crippen LogP contribution is 2.34. The fourth-order valence-corrected chi connectivity index (χ4v) is 3.73. The van der Waals surface area contributed by atoms with Crippen LogP contribution in [0, 0.1) is 0 Å². The zero-order valence-electron chi connectivity index (χ0n) is 8.95. The monoisotopic (exact) mass is 226 g/mol. The molecular formula is C12H18S2. The van der Waals surface area contributed by atoms with Gasteiger partial charge in [0.25, 0.3) is 0 Å². The molecule has 0 bridgehead atoms. The van der Waals surface area contributed by atoms with Crippen LogP contribution in [0.3, 0.4) is 0 Å². The summed E-state index contributed by atoms with van der Waals surface area (Å²) in [6.45, 7) is 4.46. The maximum Gasteiger partial charge on any atom is 0.0214 e. The number of aryl methyl sites for hydroxylation is 1. The minimum atomic E-state index is 1.14. The van der Waals surface area contributed by atoms with Gasteiger partial charge in [0, 0.05) is 10.6 Å². The molecular weight excluding hydrogens is 208 g/mol. The molecule has 0 nitrogen and oxygen atoms in total. The fraction of sp³-hybridized carbons (Fsp3) is 0.500. The third-order valence-electron chi connectivity index (χ3n) is 2.08. The van der Waals surface area contributed by atoms with E-state index in [4.69, 9.17) is 0 Å². The standard InChI is InChI=1S/C12H18S2/c1-3-5-10-13-14-12-9-7-6-8-11(12)4-2/h6-9H,3-5,10H2,1-2H3. The van der Waals surface area contributed by atoms with Crippen molar-refractivity contribution in [3.8, 4) is 0 Å². The Bertz CT molecular complexity index is 258. The van der Waals surface area contributed by atoms with E-state index in [9.17, 15) is 0 Å². The second-order valence-electron chi connectivity index (χ2n) is 3.22. The largest absolute Gasteiger partial charge is 0.0889 e. The molecule has 1 aromatic rings. The molecule has 0 fully saturated rings. The highest BCUT2D eigenvalue weighted by atomic mass is 33.1. The molecule has 0 aromatic heterocycles. The van der Waals surface area contributed by atoms with Crippen molar-refractivity contribution < 1.29 is 0 Å². The maximum absolute atomic E-state index is 2.24. The van der Waals surface area contributed by atoms with Gasteiger partial charge in [0.15, 0.2) is 0 Å². The van der Waals surface area contributed by atoms with E-state index in [1.165, 1.54) is 29.1 Å². The van der Waals surface area contributed by atoms with Gasteiger partial charge in [0.1, 0.15) is 0 Å². The molecule has 1 rings (SSSR count). The third kappa shape index (κ3) is 3.97. The van der Waals surface area contributed by atoms with Crippen molar-refractivity contribution in [3.63, 3.8) is 0 Å². The van der Waals surface area contributed by atoms with E-state index in [-0.39, 0.29) is 0 Å². The Kier molecular flexibility index (Phi) is 6.20. The predicted octanol–water partition coefficient (Wildman–Crippen LogP) is 4.79. The van der Waals surface area contributed by atoms with Crippen molar-refractivity contribution >= 4 is 21.6 Å². The Hall–Kier alpha value is -0.0800. The number of benzene rings is 1. The normalized spacial score (nSPS) is 10.4. The van der Waals surface area contributed by atoms with Crippen LogP contribution in [0.1, 0.15) is 32.3 Å². The molecule has 2 heteroatoms. The molecule has 0 saturated carbocycles. The molecule has 0 aliphatic rings. The van der Waals surface area contributed by atoms with Crippen molar-refractivity contribution in [2.45, 2.75) is 38.0 Å². The summed E-state index contributed by atoms with van der Waals surface area (Å²) in [6.07, 6.45) is 3.76. The fourth-order valence-electron chi connectivity index (χ4n) is 1.19. The number of hydrogen-bond donors (Lipinski definition) is 0. The minimum absolute atomic E-state index is 1.14. The maximum atomic E-state index is 2.24. The summed E-state index contributed by atoms with van der Waals surface area (Å²) in [6, 6.07) is 8.70. The molecule has 0 aliphatic heterocycles. The Morgan fingerprint density at radius 2 is 1.93 bits per heavy atom. The number of unbranched alkanes of at least 4 members (excludes halogenated alkanes) is 1. The minimum Gasteiger partial charge on any atom is -0.0889 e. The average molecular weight is 226 g/mol. The van der Waals surface area contributed by atoms with Crippen LogP contribution in [-0.2, 0) is 6.42 Å². The van der Waals surface area contributed by atoms with Crippen molar-refractivity contribution in [1.82, 2.24) is 0 Å². The van der Waals surface area contributed by atoms with Gasteiger partial charge in [-0.15, -0.1) is 0 Å². The zero-order chi connectivity index (χ0) is 10.2. The SMILES string of the molecule is CCCCSSc1ccccc1CC. The topological polar surface area (TPSA) is 0 Å². The van der Waals surface area contributed by atoms with Crippen LogP contribution >= 0.6 is 21.6 Å². The molecule has 0 heterocycles. The lowest BCUT2D eigenvalue weighted by molar-refractivity contribution is 0.898. The third-order valence-corrected chi connectivity index (χ3v) is 4.63. The van der Waals surface area contributed by atoms with Crippen LogP contribution < -0.4 is 0 Å². The van der Waals surface area contributed by atoms with Crippen LogP contribution in [0.5, 0.6) is 0 Å². The van der Waals surface area contributed by atoms with Gasteiger partial charge in [-0.05, 0) is 24.5 Å². The first-order valence-corrected chi connectivity index (χ1v) is 7.57. The molecule has 0 unspecified atom stereocenters. The van der Waals surface area contributed by atoms with Gasteiger partial charge in [-0.1, -0.05) is 60.1 Å². The highest BCUT2D eigenvalue weighted by molar-refractivity contribution is 8.76. The summed E-state index contributed by atoms with van der Waals surface area (Å²) >= 11 is 0. The molecule has 0 atom stereocenters. The zero-order valence-corrected chi connectivity index (χ0v) is 10.6. The molecule has 0 radical (unpaired) electrons. The molecule has 0 spiro atoms. The first-order valence-electron chi connectivity index (χ1n) is 5.25. The van der Waals surface area contributed by atoms with Crippen molar-refractivity contribution in [2.24, 2.45) is 0 Å². The Morgan fingerprint density at radius 3 is 2.64 bits per heavy atom. The molecule has 0 aliphatic carbocycles. The Balaban J connectivity index is 2.41. The summed E-state index contributed by atoms with van der Waals surface area (Å²) in [5, 5.41) is 0. The van der Waals surface area contributed by atoms with Gasteiger partial charge in [0.2, 0.25) is 0 Å². The van der Waals surface area contributed by atoms with Crippen molar-refractivity contribution in [3.05, 3.63) is 29.8 Å². The smallest absolute Gasteiger partial charge is 0.0214 e. The average Bonchev–Trinajstić information content (AvgIpc) is 2.25. The van der Waals surface area contributed by atoms with E-state index in [0.29, 0.717) is 0 Å². The summed E-state index contributed by atoms with van der Waals surface area (Å²) in [4.78, 5) is 1.44. The van der Waals surface area contributed by atoms with Gasteiger partial charge in [-0.3, -0.25) is 0 Å². The van der Waals surface area contributed by atoms with E-state index in [0.717, 1.165) is 6.42 Å². The van der Waals surface area contributed by atoms with Crippen LogP contribution in [0.15, 0.2) is 29.2 Å². The lowest BCUT2D eigenvalue weighted by Gasteiger charge is -2.05. The Morgan fingerprint density at radius 1 is 1.14 bits per heavy atom. The van der Waals surface area contributed by atoms with E-state index in [1.807, 2.05) is 21.6 Å². The second kappa shape index (κ2) is 7.24. The summed E-state index contributed by atoms with van der Waals surface area (Å²) in [5.74, 6) is 1.26. The van der Waals surface area contributed by atoms with Crippen LogP contribution in [0.2, 0.25) is 0 Å². The van der Waals surface area contributed by atoms with Gasteiger partial charge in [-0.2, -0.15) is 0 Å². The molecule has 14 heavy (non-hydrogen) atoms. The predicted molar refractivity (Wildman–Crippen MR) is 69.0 cm³/mol. The van der Waals surface area contributed by atoms with E-state index in [2.05, 4.69) is 38.1 Å². The first kappa shape index (κ1) is 12.0. The van der Waals surface area contributed by atoms with Crippen molar-refractivity contribution in [1.29, 1.82) is 0 Å². The van der Waals surface area contributed by atoms with E-state index < -0.39 is 0 Å². The van der Waals surface area contributed by atoms with Gasteiger partial charge >= 0.3 is 0 Å². The Labute approximate surface area is 95.3 Å². The number of rotatable bonds is 6. The van der Waals surface area contributed by atoms with Crippen molar-refractivity contribution in [2.75, 3.05) is 5.75 Å². The van der Waals surface area contributed by atoms with Crippen LogP contribution in [0.25, 0.3) is 0 Å². The van der Waals surface area contributed by atoms with E-state index >= 15 is 0 Å². The summed E-state index contributed by atoms with van der Waals surface area (Å²) in [5.41, 5.74) is 1.47. The quantitative estimate of drug-likeness (QED) is 0.505. The second-order valence-corrected chi connectivity index (χ2v) is 5.68. The lowest BCUT2D eigenvalue weighted by atomic mass is 10.2. The molecule has 1 aromatic carbocycles. The first-order chi connectivity index (χ1) is 6.88.